The zero-order valence-corrected chi connectivity index (χ0v) is 14.6. The summed E-state index contributed by atoms with van der Waals surface area (Å²) in [5.74, 6) is -0.630. The van der Waals surface area contributed by atoms with Crippen LogP contribution in [-0.4, -0.2) is 30.8 Å². The molecule has 0 bridgehead atoms. The van der Waals surface area contributed by atoms with E-state index in [1.165, 1.54) is 26.5 Å². The Balaban J connectivity index is 1.96. The van der Waals surface area contributed by atoms with Crippen LogP contribution >= 0.6 is 0 Å². The van der Waals surface area contributed by atoms with Gasteiger partial charge in [0.05, 0.1) is 25.3 Å². The van der Waals surface area contributed by atoms with Crippen LogP contribution in [0.3, 0.4) is 0 Å². The van der Waals surface area contributed by atoms with Crippen LogP contribution < -0.4 is 9.47 Å². The standard InChI is InChI=1S/C21H14FNO4/c1-26-15-5-3-4-13-18(15)21(25)19-14(20(13)24)8-12(9-16(19)27-2)11-6-7-17(22)23-10-11/h3-10H,1-2H3. The van der Waals surface area contributed by atoms with E-state index in [4.69, 9.17) is 9.47 Å². The van der Waals surface area contributed by atoms with E-state index in [0.29, 0.717) is 16.9 Å². The number of methoxy groups -OCH3 is 2. The van der Waals surface area contributed by atoms with E-state index >= 15 is 0 Å². The average Bonchev–Trinajstić information content (AvgIpc) is 2.70. The maximum Gasteiger partial charge on any atom is 0.212 e. The van der Waals surface area contributed by atoms with Gasteiger partial charge in [-0.3, -0.25) is 9.59 Å². The SMILES string of the molecule is COc1cccc2c1C(=O)c1c(OC)cc(-c3ccc(F)nc3)cc1C2=O. The Labute approximate surface area is 154 Å². The van der Waals surface area contributed by atoms with Crippen LogP contribution in [0.25, 0.3) is 11.1 Å². The van der Waals surface area contributed by atoms with Crippen molar-refractivity contribution in [2.45, 2.75) is 0 Å². The summed E-state index contributed by atoms with van der Waals surface area (Å²) in [6.07, 6.45) is 1.36. The molecule has 4 rings (SSSR count). The van der Waals surface area contributed by atoms with Crippen LogP contribution in [0, 0.1) is 5.95 Å². The number of fused-ring (bicyclic) bond motifs is 2. The van der Waals surface area contributed by atoms with Crippen molar-refractivity contribution in [3.63, 3.8) is 0 Å². The van der Waals surface area contributed by atoms with Gasteiger partial charge >= 0.3 is 0 Å². The molecule has 1 heterocycles. The van der Waals surface area contributed by atoms with Crippen molar-refractivity contribution < 1.29 is 23.5 Å². The number of aromatic nitrogens is 1. The van der Waals surface area contributed by atoms with Gasteiger partial charge in [-0.05, 0) is 35.9 Å². The third-order valence-corrected chi connectivity index (χ3v) is 4.57. The number of hydrogen-bond acceptors (Lipinski definition) is 5. The van der Waals surface area contributed by atoms with Gasteiger partial charge in [0, 0.05) is 22.9 Å². The van der Waals surface area contributed by atoms with Gasteiger partial charge in [0.15, 0.2) is 5.78 Å². The molecule has 0 saturated heterocycles. The molecule has 1 aromatic heterocycles. The van der Waals surface area contributed by atoms with Crippen molar-refractivity contribution in [3.05, 3.63) is 76.9 Å². The van der Waals surface area contributed by atoms with E-state index in [1.54, 1.807) is 36.4 Å². The Bertz CT molecular complexity index is 1090. The summed E-state index contributed by atoms with van der Waals surface area (Å²) < 4.78 is 23.8. The molecule has 27 heavy (non-hydrogen) atoms. The fraction of sp³-hybridized carbons (Fsp3) is 0.0952. The first kappa shape index (κ1) is 16.9. The molecule has 0 radical (unpaired) electrons. The third kappa shape index (κ3) is 2.57. The quantitative estimate of drug-likeness (QED) is 0.520. The number of ketones is 2. The fourth-order valence-corrected chi connectivity index (χ4v) is 3.30. The smallest absolute Gasteiger partial charge is 0.212 e. The predicted octanol–water partition coefficient (Wildman–Crippen LogP) is 3.68. The van der Waals surface area contributed by atoms with E-state index in [-0.39, 0.29) is 39.6 Å². The Kier molecular flexibility index (Phi) is 3.96. The molecule has 1 aliphatic carbocycles. The van der Waals surface area contributed by atoms with Gasteiger partial charge in [0.25, 0.3) is 0 Å². The summed E-state index contributed by atoms with van der Waals surface area (Å²) in [7, 11) is 2.88. The fourth-order valence-electron chi connectivity index (χ4n) is 3.30. The molecule has 2 aromatic carbocycles. The van der Waals surface area contributed by atoms with E-state index in [0.717, 1.165) is 0 Å². The zero-order valence-electron chi connectivity index (χ0n) is 14.6. The van der Waals surface area contributed by atoms with Crippen molar-refractivity contribution in [1.82, 2.24) is 4.98 Å². The molecule has 6 heteroatoms. The second-order valence-electron chi connectivity index (χ2n) is 6.01. The highest BCUT2D eigenvalue weighted by atomic mass is 19.1. The van der Waals surface area contributed by atoms with Crippen LogP contribution in [-0.2, 0) is 0 Å². The second-order valence-corrected chi connectivity index (χ2v) is 6.01. The maximum absolute atomic E-state index is 13.1. The molecule has 0 saturated carbocycles. The summed E-state index contributed by atoms with van der Waals surface area (Å²) in [5, 5.41) is 0. The molecule has 0 atom stereocenters. The van der Waals surface area contributed by atoms with E-state index in [9.17, 15) is 14.0 Å². The van der Waals surface area contributed by atoms with E-state index in [1.807, 2.05) is 0 Å². The maximum atomic E-state index is 13.1. The van der Waals surface area contributed by atoms with Gasteiger partial charge in [-0.2, -0.15) is 4.39 Å². The zero-order chi connectivity index (χ0) is 19.1. The number of rotatable bonds is 3. The van der Waals surface area contributed by atoms with Gasteiger partial charge in [-0.25, -0.2) is 4.98 Å². The lowest BCUT2D eigenvalue weighted by molar-refractivity contribution is 0.0974. The Morgan fingerprint density at radius 1 is 0.815 bits per heavy atom. The number of carbonyl (C=O) groups is 2. The van der Waals surface area contributed by atoms with E-state index < -0.39 is 5.95 Å². The summed E-state index contributed by atoms with van der Waals surface area (Å²) >= 11 is 0. The number of hydrogen-bond donors (Lipinski definition) is 0. The topological polar surface area (TPSA) is 65.5 Å². The highest BCUT2D eigenvalue weighted by Crippen LogP contribution is 2.39. The molecule has 5 nitrogen and oxygen atoms in total. The number of nitrogens with zero attached hydrogens (tertiary/aromatic N) is 1. The number of halogens is 1. The normalized spacial score (nSPS) is 12.4. The molecular formula is C21H14FNO4. The first-order valence-electron chi connectivity index (χ1n) is 8.15. The summed E-state index contributed by atoms with van der Waals surface area (Å²) in [6.45, 7) is 0. The predicted molar refractivity (Wildman–Crippen MR) is 96.0 cm³/mol. The van der Waals surface area contributed by atoms with Crippen molar-refractivity contribution in [2.24, 2.45) is 0 Å². The molecular weight excluding hydrogens is 349 g/mol. The number of ether oxygens (including phenoxy) is 2. The third-order valence-electron chi connectivity index (χ3n) is 4.57. The monoisotopic (exact) mass is 363 g/mol. The number of pyridine rings is 1. The van der Waals surface area contributed by atoms with Crippen LogP contribution in [0.4, 0.5) is 4.39 Å². The number of benzene rings is 2. The minimum atomic E-state index is -0.601. The Morgan fingerprint density at radius 2 is 1.56 bits per heavy atom. The molecule has 3 aromatic rings. The highest BCUT2D eigenvalue weighted by molar-refractivity contribution is 6.30. The Hall–Kier alpha value is -3.54. The average molecular weight is 363 g/mol. The lowest BCUT2D eigenvalue weighted by Crippen LogP contribution is -2.22. The lowest BCUT2D eigenvalue weighted by atomic mass is 9.81. The van der Waals surface area contributed by atoms with Gasteiger partial charge in [0.1, 0.15) is 11.5 Å². The van der Waals surface area contributed by atoms with Gasteiger partial charge < -0.3 is 9.47 Å². The highest BCUT2D eigenvalue weighted by Gasteiger charge is 2.35. The lowest BCUT2D eigenvalue weighted by Gasteiger charge is -2.22. The van der Waals surface area contributed by atoms with E-state index in [2.05, 4.69) is 4.98 Å². The minimum Gasteiger partial charge on any atom is -0.496 e. The summed E-state index contributed by atoms with van der Waals surface area (Å²) in [6, 6.07) is 10.9. The molecule has 0 spiro atoms. The van der Waals surface area contributed by atoms with Crippen LogP contribution in [0.1, 0.15) is 31.8 Å². The second kappa shape index (κ2) is 6.32. The summed E-state index contributed by atoms with van der Waals surface area (Å²) in [5.41, 5.74) is 2.15. The van der Waals surface area contributed by atoms with Crippen molar-refractivity contribution in [2.75, 3.05) is 14.2 Å². The first-order valence-corrected chi connectivity index (χ1v) is 8.15. The molecule has 0 unspecified atom stereocenters. The molecule has 1 aliphatic rings. The Morgan fingerprint density at radius 3 is 2.22 bits per heavy atom. The van der Waals surface area contributed by atoms with Gasteiger partial charge in [0.2, 0.25) is 11.7 Å². The molecule has 0 fully saturated rings. The first-order chi connectivity index (χ1) is 13.0. The molecule has 0 N–H and O–H groups in total. The summed E-state index contributed by atoms with van der Waals surface area (Å²) in [4.78, 5) is 29.9. The van der Waals surface area contributed by atoms with Crippen LogP contribution in [0.15, 0.2) is 48.7 Å². The molecule has 0 aliphatic heterocycles. The van der Waals surface area contributed by atoms with Crippen LogP contribution in [0.5, 0.6) is 11.5 Å². The minimum absolute atomic E-state index is 0.193. The van der Waals surface area contributed by atoms with Crippen LogP contribution in [0.2, 0.25) is 0 Å². The largest absolute Gasteiger partial charge is 0.496 e. The number of carbonyl (C=O) groups excluding carboxylic acids is 2. The van der Waals surface area contributed by atoms with Crippen molar-refractivity contribution >= 4 is 11.6 Å². The van der Waals surface area contributed by atoms with Crippen molar-refractivity contribution in [3.8, 4) is 22.6 Å². The van der Waals surface area contributed by atoms with Gasteiger partial charge in [-0.1, -0.05) is 12.1 Å². The van der Waals surface area contributed by atoms with Gasteiger partial charge in [-0.15, -0.1) is 0 Å². The molecule has 134 valence electrons. The molecule has 0 amide bonds. The van der Waals surface area contributed by atoms with Crippen molar-refractivity contribution in [1.29, 1.82) is 0 Å².